The Kier molecular flexibility index (Phi) is 6.13. The van der Waals surface area contributed by atoms with Crippen LogP contribution in [0.25, 0.3) is 10.9 Å². The molecule has 2 aliphatic rings. The Labute approximate surface area is 222 Å². The number of para-hydroxylation sites is 1. The van der Waals surface area contributed by atoms with Crippen LogP contribution < -0.4 is 10.3 Å². The summed E-state index contributed by atoms with van der Waals surface area (Å²) in [6.45, 7) is 4.21. The Morgan fingerprint density at radius 1 is 0.974 bits per heavy atom. The Bertz CT molecular complexity index is 1670. The highest BCUT2D eigenvalue weighted by molar-refractivity contribution is 7.86. The van der Waals surface area contributed by atoms with Crippen molar-refractivity contribution in [3.8, 4) is 5.75 Å². The molecule has 3 heterocycles. The molecule has 38 heavy (non-hydrogen) atoms. The third kappa shape index (κ3) is 3.95. The number of fused-ring (bicyclic) bond motifs is 5. The summed E-state index contributed by atoms with van der Waals surface area (Å²) in [6.07, 6.45) is 0.232. The van der Waals surface area contributed by atoms with E-state index in [2.05, 4.69) is 0 Å². The van der Waals surface area contributed by atoms with Crippen molar-refractivity contribution < 1.29 is 17.4 Å². The fourth-order valence-electron chi connectivity index (χ4n) is 6.11. The van der Waals surface area contributed by atoms with Gasteiger partial charge in [-0.2, -0.15) is 17.8 Å². The summed E-state index contributed by atoms with van der Waals surface area (Å²) in [4.78, 5) is 13.9. The van der Waals surface area contributed by atoms with Crippen LogP contribution in [0.3, 0.4) is 0 Å². The average Bonchev–Trinajstić information content (AvgIpc) is 3.28. The molecule has 3 aromatic carbocycles. The monoisotopic (exact) mass is 530 g/mol. The molecule has 0 aliphatic carbocycles. The molecule has 6 rings (SSSR count). The van der Waals surface area contributed by atoms with Gasteiger partial charge in [0.15, 0.2) is 0 Å². The lowest BCUT2D eigenvalue weighted by molar-refractivity contribution is -0.0698. The minimum absolute atomic E-state index is 0.103. The van der Waals surface area contributed by atoms with Crippen molar-refractivity contribution in [2.75, 3.05) is 6.54 Å². The third-order valence-electron chi connectivity index (χ3n) is 7.94. The molecule has 0 bridgehead atoms. The lowest BCUT2D eigenvalue weighted by atomic mass is 9.76. The number of hydrogen-bond acceptors (Lipinski definition) is 6. The first kappa shape index (κ1) is 24.9. The van der Waals surface area contributed by atoms with Gasteiger partial charge in [0, 0.05) is 36.9 Å². The van der Waals surface area contributed by atoms with Gasteiger partial charge in [0.25, 0.3) is 5.56 Å². The molecule has 2 unspecified atom stereocenters. The predicted octanol–water partition coefficient (Wildman–Crippen LogP) is 5.10. The van der Waals surface area contributed by atoms with Gasteiger partial charge in [0.2, 0.25) is 0 Å². The largest absolute Gasteiger partial charge is 0.484 e. The van der Waals surface area contributed by atoms with Crippen molar-refractivity contribution in [1.29, 1.82) is 0 Å². The highest BCUT2D eigenvalue weighted by Gasteiger charge is 2.53. The van der Waals surface area contributed by atoms with E-state index in [4.69, 9.17) is 9.02 Å². The van der Waals surface area contributed by atoms with Crippen molar-refractivity contribution in [2.45, 2.75) is 43.2 Å². The minimum Gasteiger partial charge on any atom is -0.484 e. The maximum Gasteiger partial charge on any atom is 0.313 e. The van der Waals surface area contributed by atoms with Crippen LogP contribution >= 0.6 is 0 Å². The van der Waals surface area contributed by atoms with E-state index in [0.717, 1.165) is 22.0 Å². The van der Waals surface area contributed by atoms with Gasteiger partial charge in [0.1, 0.15) is 11.9 Å². The normalized spacial score (nSPS) is 23.1. The molecule has 0 amide bonds. The third-order valence-corrected chi connectivity index (χ3v) is 9.18. The fourth-order valence-corrected chi connectivity index (χ4v) is 7.09. The summed E-state index contributed by atoms with van der Waals surface area (Å²) < 4.78 is 40.8. The van der Waals surface area contributed by atoms with Crippen LogP contribution in [0.4, 0.5) is 0 Å². The number of hydrogen-bond donors (Lipinski definition) is 0. The zero-order chi connectivity index (χ0) is 26.6. The molecule has 1 aromatic heterocycles. The van der Waals surface area contributed by atoms with Crippen LogP contribution in [0.1, 0.15) is 42.1 Å². The van der Waals surface area contributed by atoms with Crippen LogP contribution in [-0.4, -0.2) is 30.6 Å². The maximum absolute atomic E-state index is 13.8. The molecule has 0 N–H and O–H groups in total. The standard InChI is InChI=1S/C30H30N2O5S/c1-4-24-26-23(18-32(24)37-38(34,35)21-16-14-19(2)15-17-21)28(20-10-6-5-7-11-20)36-29-22-12-8-9-13-25(22)31(3)30(33)27(26)29/h5-17,23-24,26,28H,4,18H2,1-3H3/t23-,24?,26+,28?/m0/s1. The molecule has 1 fully saturated rings. The molecule has 0 radical (unpaired) electrons. The van der Waals surface area contributed by atoms with E-state index in [1.54, 1.807) is 40.9 Å². The maximum atomic E-state index is 13.8. The lowest BCUT2D eigenvalue weighted by Gasteiger charge is -2.37. The number of aromatic nitrogens is 1. The molecule has 4 atom stereocenters. The van der Waals surface area contributed by atoms with Crippen LogP contribution in [-0.2, 0) is 21.4 Å². The van der Waals surface area contributed by atoms with E-state index in [9.17, 15) is 13.2 Å². The first-order valence-electron chi connectivity index (χ1n) is 12.9. The number of pyridine rings is 1. The van der Waals surface area contributed by atoms with Gasteiger partial charge in [-0.3, -0.25) is 4.79 Å². The summed E-state index contributed by atoms with van der Waals surface area (Å²) in [5, 5.41) is 2.43. The molecular formula is C30H30N2O5S. The van der Waals surface area contributed by atoms with Gasteiger partial charge in [-0.1, -0.05) is 67.1 Å². The van der Waals surface area contributed by atoms with E-state index in [-0.39, 0.29) is 34.4 Å². The molecular weight excluding hydrogens is 500 g/mol. The zero-order valence-electron chi connectivity index (χ0n) is 21.6. The van der Waals surface area contributed by atoms with E-state index in [1.807, 2.05) is 68.4 Å². The highest BCUT2D eigenvalue weighted by atomic mass is 32.2. The fraction of sp³-hybridized carbons (Fsp3) is 0.300. The summed E-state index contributed by atoms with van der Waals surface area (Å²) in [5.74, 6) is 0.128. The first-order chi connectivity index (χ1) is 18.3. The van der Waals surface area contributed by atoms with Crippen molar-refractivity contribution in [3.05, 3.63) is 106 Å². The molecule has 196 valence electrons. The zero-order valence-corrected chi connectivity index (χ0v) is 22.4. The van der Waals surface area contributed by atoms with Crippen molar-refractivity contribution in [3.63, 3.8) is 0 Å². The summed E-state index contributed by atoms with van der Waals surface area (Å²) >= 11 is 0. The van der Waals surface area contributed by atoms with Gasteiger partial charge >= 0.3 is 10.1 Å². The SMILES string of the molecule is CCC1[C@@H]2c3c(c4ccccc4n(C)c3=O)OC(c3ccccc3)[C@H]2CN1OS(=O)(=O)c1ccc(C)cc1. The van der Waals surface area contributed by atoms with Crippen molar-refractivity contribution >= 4 is 21.0 Å². The van der Waals surface area contributed by atoms with E-state index in [0.29, 0.717) is 24.3 Å². The van der Waals surface area contributed by atoms with Gasteiger partial charge in [0.05, 0.1) is 16.0 Å². The Morgan fingerprint density at radius 2 is 1.66 bits per heavy atom. The van der Waals surface area contributed by atoms with Crippen molar-refractivity contribution in [2.24, 2.45) is 13.0 Å². The van der Waals surface area contributed by atoms with Gasteiger partial charge < -0.3 is 9.30 Å². The quantitative estimate of drug-likeness (QED) is 0.358. The molecule has 4 aromatic rings. The minimum atomic E-state index is -4.06. The lowest BCUT2D eigenvalue weighted by Crippen LogP contribution is -2.38. The summed E-state index contributed by atoms with van der Waals surface area (Å²) in [7, 11) is -2.28. The van der Waals surface area contributed by atoms with E-state index in [1.165, 1.54) is 0 Å². The van der Waals surface area contributed by atoms with E-state index >= 15 is 0 Å². The number of hydroxylamine groups is 2. The molecule has 8 heteroatoms. The number of benzene rings is 3. The average molecular weight is 531 g/mol. The van der Waals surface area contributed by atoms with Crippen LogP contribution in [0, 0.1) is 12.8 Å². The van der Waals surface area contributed by atoms with Crippen LogP contribution in [0.5, 0.6) is 5.75 Å². The predicted molar refractivity (Wildman–Crippen MR) is 145 cm³/mol. The van der Waals surface area contributed by atoms with Crippen LogP contribution in [0.2, 0.25) is 0 Å². The molecule has 1 saturated heterocycles. The smallest absolute Gasteiger partial charge is 0.313 e. The number of nitrogens with zero attached hydrogens (tertiary/aromatic N) is 2. The summed E-state index contributed by atoms with van der Waals surface area (Å²) in [6, 6.07) is 23.9. The van der Waals surface area contributed by atoms with E-state index < -0.39 is 10.1 Å². The van der Waals surface area contributed by atoms with Gasteiger partial charge in [-0.25, -0.2) is 0 Å². The van der Waals surface area contributed by atoms with Crippen molar-refractivity contribution in [1.82, 2.24) is 9.63 Å². The second-order valence-corrected chi connectivity index (χ2v) is 11.7. The van der Waals surface area contributed by atoms with Gasteiger partial charge in [-0.05, 0) is 43.2 Å². The number of rotatable bonds is 5. The molecule has 0 saturated carbocycles. The van der Waals surface area contributed by atoms with Crippen LogP contribution in [0.15, 0.2) is 88.6 Å². The topological polar surface area (TPSA) is 77.8 Å². The highest BCUT2D eigenvalue weighted by Crippen LogP contribution is 2.53. The number of aryl methyl sites for hydroxylation is 2. The number of ether oxygens (including phenoxy) is 1. The Hall–Kier alpha value is -3.46. The second-order valence-electron chi connectivity index (χ2n) is 10.2. The molecule has 2 aliphatic heterocycles. The summed E-state index contributed by atoms with van der Waals surface area (Å²) in [5.41, 5.74) is 3.21. The first-order valence-corrected chi connectivity index (χ1v) is 14.3. The second kappa shape index (κ2) is 9.38. The molecule has 0 spiro atoms. The molecule has 7 nitrogen and oxygen atoms in total. The Morgan fingerprint density at radius 3 is 2.37 bits per heavy atom. The van der Waals surface area contributed by atoms with Gasteiger partial charge in [-0.15, -0.1) is 0 Å². The Balaban J connectivity index is 1.50.